The predicted octanol–water partition coefficient (Wildman–Crippen LogP) is 4.65. The first-order valence-electron chi connectivity index (χ1n) is 9.94. The number of aromatic nitrogens is 2. The van der Waals surface area contributed by atoms with Crippen molar-refractivity contribution < 1.29 is 13.9 Å². The molecular weight excluding hydrogens is 397 g/mol. The molecule has 0 bridgehead atoms. The summed E-state index contributed by atoms with van der Waals surface area (Å²) in [7, 11) is 1.56. The van der Waals surface area contributed by atoms with Crippen LogP contribution in [0, 0.1) is 5.82 Å². The molecule has 0 fully saturated rings. The molecule has 0 saturated heterocycles. The Hall–Kier alpha value is -3.68. The molecular formula is C23H24FN5O2. The third-order valence-corrected chi connectivity index (χ3v) is 5.08. The third kappa shape index (κ3) is 4.14. The van der Waals surface area contributed by atoms with Crippen LogP contribution in [0.15, 0.2) is 42.6 Å². The Morgan fingerprint density at radius 2 is 1.97 bits per heavy atom. The molecule has 8 heteroatoms. The van der Waals surface area contributed by atoms with Gasteiger partial charge in [-0.15, -0.1) is 0 Å². The summed E-state index contributed by atoms with van der Waals surface area (Å²) in [4.78, 5) is 20.7. The van der Waals surface area contributed by atoms with Gasteiger partial charge in [0.2, 0.25) is 5.95 Å². The molecule has 4 rings (SSSR count). The highest BCUT2D eigenvalue weighted by molar-refractivity contribution is 6.02. The van der Waals surface area contributed by atoms with Gasteiger partial charge >= 0.3 is 0 Å². The molecule has 160 valence electrons. The number of nitrogens with zero attached hydrogens (tertiary/aromatic N) is 2. The molecule has 1 aliphatic heterocycles. The van der Waals surface area contributed by atoms with E-state index in [0.29, 0.717) is 23.6 Å². The number of fused-ring (bicyclic) bond motifs is 1. The Morgan fingerprint density at radius 3 is 2.65 bits per heavy atom. The van der Waals surface area contributed by atoms with Gasteiger partial charge in [-0.1, -0.05) is 32.9 Å². The number of benzene rings is 2. The fraction of sp³-hybridized carbons (Fsp3) is 0.261. The van der Waals surface area contributed by atoms with Gasteiger partial charge in [0.1, 0.15) is 12.4 Å². The number of ether oxygens (including phenoxy) is 1. The number of anilines is 4. The van der Waals surface area contributed by atoms with Crippen LogP contribution in [0.4, 0.5) is 27.5 Å². The van der Waals surface area contributed by atoms with E-state index >= 15 is 0 Å². The molecule has 31 heavy (non-hydrogen) atoms. The van der Waals surface area contributed by atoms with Crippen LogP contribution in [0.25, 0.3) is 0 Å². The molecule has 0 atom stereocenters. The molecule has 0 radical (unpaired) electrons. The number of nitrogens with one attached hydrogen (secondary N) is 3. The van der Waals surface area contributed by atoms with Crippen molar-refractivity contribution in [2.24, 2.45) is 0 Å². The highest BCUT2D eigenvalue weighted by atomic mass is 19.1. The Balaban J connectivity index is 1.63. The first kappa shape index (κ1) is 20.6. The molecule has 1 amide bonds. The normalized spacial score (nSPS) is 12.3. The fourth-order valence-corrected chi connectivity index (χ4v) is 3.30. The number of hydrogen-bond donors (Lipinski definition) is 3. The lowest BCUT2D eigenvalue weighted by molar-refractivity contribution is 0.0957. The minimum atomic E-state index is -0.580. The summed E-state index contributed by atoms with van der Waals surface area (Å²) in [6.45, 7) is 6.70. The molecule has 1 aliphatic rings. The quantitative estimate of drug-likeness (QED) is 0.556. The first-order valence-corrected chi connectivity index (χ1v) is 9.94. The van der Waals surface area contributed by atoms with Gasteiger partial charge in [-0.3, -0.25) is 4.79 Å². The molecule has 3 aromatic rings. The Bertz CT molecular complexity index is 1160. The smallest absolute Gasteiger partial charge is 0.253 e. The average Bonchev–Trinajstić information content (AvgIpc) is 2.71. The molecule has 0 unspecified atom stereocenters. The third-order valence-electron chi connectivity index (χ3n) is 5.08. The van der Waals surface area contributed by atoms with Gasteiger partial charge < -0.3 is 20.7 Å². The topological polar surface area (TPSA) is 88.2 Å². The van der Waals surface area contributed by atoms with E-state index in [0.717, 1.165) is 23.0 Å². The van der Waals surface area contributed by atoms with Gasteiger partial charge in [0, 0.05) is 18.3 Å². The minimum absolute atomic E-state index is 0.0383. The second-order valence-corrected chi connectivity index (χ2v) is 8.30. The lowest BCUT2D eigenvalue weighted by Crippen LogP contribution is -2.25. The van der Waals surface area contributed by atoms with Gasteiger partial charge in [0.15, 0.2) is 11.6 Å². The van der Waals surface area contributed by atoms with Crippen molar-refractivity contribution in [2.75, 3.05) is 17.7 Å². The van der Waals surface area contributed by atoms with Crippen molar-refractivity contribution >= 4 is 29.0 Å². The maximum atomic E-state index is 14.4. The van der Waals surface area contributed by atoms with Crippen LogP contribution in [0.1, 0.15) is 42.3 Å². The predicted molar refractivity (Wildman–Crippen MR) is 118 cm³/mol. The lowest BCUT2D eigenvalue weighted by atomic mass is 9.87. The van der Waals surface area contributed by atoms with E-state index in [1.807, 2.05) is 24.3 Å². The summed E-state index contributed by atoms with van der Waals surface area (Å²) in [6.07, 6.45) is 1.09. The molecule has 0 spiro atoms. The zero-order valence-corrected chi connectivity index (χ0v) is 17.8. The molecule has 3 N–H and O–H groups in total. The first-order chi connectivity index (χ1) is 14.8. The summed E-state index contributed by atoms with van der Waals surface area (Å²) < 4.78 is 19.8. The summed E-state index contributed by atoms with van der Waals surface area (Å²) >= 11 is 0. The van der Waals surface area contributed by atoms with Crippen LogP contribution in [0.5, 0.6) is 5.75 Å². The summed E-state index contributed by atoms with van der Waals surface area (Å²) in [6, 6.07) is 11.3. The average molecular weight is 421 g/mol. The van der Waals surface area contributed by atoms with E-state index in [1.165, 1.54) is 0 Å². The van der Waals surface area contributed by atoms with Crippen LogP contribution in [0.2, 0.25) is 0 Å². The zero-order chi connectivity index (χ0) is 22.2. The van der Waals surface area contributed by atoms with Crippen molar-refractivity contribution in [3.63, 3.8) is 0 Å². The second kappa shape index (κ2) is 7.86. The van der Waals surface area contributed by atoms with Crippen molar-refractivity contribution in [3.8, 4) is 5.75 Å². The van der Waals surface area contributed by atoms with Crippen LogP contribution < -0.4 is 20.7 Å². The molecule has 1 aromatic heterocycles. The molecule has 2 aromatic carbocycles. The summed E-state index contributed by atoms with van der Waals surface area (Å²) in [5.74, 6) is 0.0506. The van der Waals surface area contributed by atoms with Crippen molar-refractivity contribution in [2.45, 2.75) is 32.8 Å². The number of hydrogen-bond acceptors (Lipinski definition) is 6. The minimum Gasteiger partial charge on any atom is -0.488 e. The van der Waals surface area contributed by atoms with Gasteiger partial charge in [0.25, 0.3) is 5.91 Å². The number of halogens is 1. The fourth-order valence-electron chi connectivity index (χ4n) is 3.30. The summed E-state index contributed by atoms with van der Waals surface area (Å²) in [5.41, 5.74) is 3.60. The van der Waals surface area contributed by atoms with Crippen LogP contribution >= 0.6 is 0 Å². The standard InChI is InChI=1S/C23H24FN5O2/c1-23(2,3)13-6-5-7-14(10-13)27-20-16(24)11-26-22(29-20)28-17-8-9-18-15(12-31-18)19(17)21(30)25-4/h5-11H,12H2,1-4H3,(H,25,30)(H2,26,27,28,29). The lowest BCUT2D eigenvalue weighted by Gasteiger charge is -2.25. The van der Waals surface area contributed by atoms with E-state index < -0.39 is 5.82 Å². The van der Waals surface area contributed by atoms with E-state index in [4.69, 9.17) is 4.74 Å². The van der Waals surface area contributed by atoms with Crippen molar-refractivity contribution in [3.05, 3.63) is 65.1 Å². The number of amides is 1. The number of carbonyl (C=O) groups excluding carboxylic acids is 1. The highest BCUT2D eigenvalue weighted by Crippen LogP contribution is 2.37. The van der Waals surface area contributed by atoms with Gasteiger partial charge in [-0.25, -0.2) is 9.37 Å². The molecule has 7 nitrogen and oxygen atoms in total. The second-order valence-electron chi connectivity index (χ2n) is 8.30. The van der Waals surface area contributed by atoms with Crippen LogP contribution in [-0.2, 0) is 12.0 Å². The van der Waals surface area contributed by atoms with Crippen LogP contribution in [-0.4, -0.2) is 22.9 Å². The Kier molecular flexibility index (Phi) is 5.22. The largest absolute Gasteiger partial charge is 0.488 e. The Labute approximate surface area is 180 Å². The van der Waals surface area contributed by atoms with E-state index in [2.05, 4.69) is 46.7 Å². The van der Waals surface area contributed by atoms with Crippen molar-refractivity contribution in [1.82, 2.24) is 15.3 Å². The zero-order valence-electron chi connectivity index (χ0n) is 17.8. The van der Waals surface area contributed by atoms with Crippen molar-refractivity contribution in [1.29, 1.82) is 0 Å². The molecule has 0 saturated carbocycles. The summed E-state index contributed by atoms with van der Waals surface area (Å²) in [5, 5.41) is 8.69. The highest BCUT2D eigenvalue weighted by Gasteiger charge is 2.26. The van der Waals surface area contributed by atoms with E-state index in [1.54, 1.807) is 19.2 Å². The van der Waals surface area contributed by atoms with E-state index in [-0.39, 0.29) is 23.1 Å². The molecule has 2 heterocycles. The number of carbonyl (C=O) groups is 1. The SMILES string of the molecule is CNC(=O)c1c(Nc2ncc(F)c(Nc3cccc(C(C)(C)C)c3)n2)ccc2c1CO2. The molecule has 0 aliphatic carbocycles. The van der Waals surface area contributed by atoms with Crippen LogP contribution in [0.3, 0.4) is 0 Å². The monoisotopic (exact) mass is 421 g/mol. The van der Waals surface area contributed by atoms with Gasteiger partial charge in [-0.2, -0.15) is 4.98 Å². The Morgan fingerprint density at radius 1 is 1.16 bits per heavy atom. The maximum Gasteiger partial charge on any atom is 0.253 e. The van der Waals surface area contributed by atoms with Gasteiger partial charge in [-0.05, 0) is 35.2 Å². The number of rotatable bonds is 5. The maximum absolute atomic E-state index is 14.4. The van der Waals surface area contributed by atoms with E-state index in [9.17, 15) is 9.18 Å². The van der Waals surface area contributed by atoms with Gasteiger partial charge in [0.05, 0.1) is 17.4 Å².